The van der Waals surface area contributed by atoms with E-state index in [4.69, 9.17) is 19.1 Å². The van der Waals surface area contributed by atoms with Crippen LogP contribution in [0.3, 0.4) is 0 Å². The molecule has 0 bridgehead atoms. The number of aliphatic hydroxyl groups excluding tert-OH is 2. The van der Waals surface area contributed by atoms with Crippen molar-refractivity contribution in [3.63, 3.8) is 0 Å². The highest BCUT2D eigenvalue weighted by molar-refractivity contribution is 5.88. The lowest BCUT2D eigenvalue weighted by atomic mass is 9.88. The SMILES string of the molecule is CCCCCNc1nc(C)c(-c2cc3cc(OCC)nc(C)c3o2)c(N[C@@H]2C[C@H](C(C)(C)O)[C@@H](O)[C@H]2O)n1.Cl. The second kappa shape index (κ2) is 12.7. The number of anilines is 2. The molecule has 1 saturated carbocycles. The zero-order chi connectivity index (χ0) is 27.6. The van der Waals surface area contributed by atoms with E-state index in [1.54, 1.807) is 13.8 Å². The average molecular weight is 564 g/mol. The second-order valence-electron chi connectivity index (χ2n) is 10.7. The Kier molecular flexibility index (Phi) is 10.0. The Morgan fingerprint density at radius 3 is 2.44 bits per heavy atom. The van der Waals surface area contributed by atoms with E-state index in [1.807, 2.05) is 32.9 Å². The number of aromatic nitrogens is 3. The van der Waals surface area contributed by atoms with Crippen LogP contribution in [-0.4, -0.2) is 67.3 Å². The van der Waals surface area contributed by atoms with Gasteiger partial charge in [-0.1, -0.05) is 19.8 Å². The van der Waals surface area contributed by atoms with Crippen molar-refractivity contribution in [3.05, 3.63) is 23.5 Å². The Hall–Kier alpha value is -2.66. The fourth-order valence-corrected chi connectivity index (χ4v) is 5.20. The predicted molar refractivity (Wildman–Crippen MR) is 155 cm³/mol. The third-order valence-corrected chi connectivity index (χ3v) is 7.25. The van der Waals surface area contributed by atoms with Crippen molar-refractivity contribution >= 4 is 35.1 Å². The molecule has 0 radical (unpaired) electrons. The minimum absolute atomic E-state index is 0. The standard InChI is InChI=1S/C28H41N5O5.ClH/c1-7-9-10-11-29-27-31-15(3)22(20-12-17-13-21(37-8-2)30-16(4)25(17)38-20)26(33-27)32-19-14-18(28(5,6)36)23(34)24(19)35;/h12-13,18-19,23-24,34-36H,7-11,14H2,1-6H3,(H2,29,31,32,33);1H/t18-,19+,23+,24-;/m0./s1. The molecule has 3 aromatic rings. The number of nitrogens with zero attached hydrogens (tertiary/aromatic N) is 3. The molecule has 4 rings (SSSR count). The van der Waals surface area contributed by atoms with E-state index >= 15 is 0 Å². The highest BCUT2D eigenvalue weighted by atomic mass is 35.5. The van der Waals surface area contributed by atoms with Crippen LogP contribution in [0.1, 0.15) is 64.8 Å². The Balaban J connectivity index is 0.00000420. The first kappa shape index (κ1) is 30.9. The first-order chi connectivity index (χ1) is 18.0. The lowest BCUT2D eigenvalue weighted by molar-refractivity contribution is -0.0601. The summed E-state index contributed by atoms with van der Waals surface area (Å²) < 4.78 is 11.9. The number of rotatable bonds is 11. The number of aliphatic hydroxyl groups is 3. The summed E-state index contributed by atoms with van der Waals surface area (Å²) in [5, 5.41) is 39.6. The third kappa shape index (κ3) is 6.74. The quantitative estimate of drug-likeness (QED) is 0.209. The summed E-state index contributed by atoms with van der Waals surface area (Å²) in [6.07, 6.45) is 1.45. The second-order valence-corrected chi connectivity index (χ2v) is 10.7. The molecular weight excluding hydrogens is 522 g/mol. The minimum Gasteiger partial charge on any atom is -0.478 e. The van der Waals surface area contributed by atoms with E-state index in [2.05, 4.69) is 22.5 Å². The molecule has 3 aromatic heterocycles. The van der Waals surface area contributed by atoms with Crippen LogP contribution in [0.2, 0.25) is 0 Å². The molecule has 0 unspecified atom stereocenters. The maximum atomic E-state index is 10.9. The van der Waals surface area contributed by atoms with E-state index in [9.17, 15) is 15.3 Å². The summed E-state index contributed by atoms with van der Waals surface area (Å²) in [6, 6.07) is 3.23. The first-order valence-electron chi connectivity index (χ1n) is 13.5. The fraction of sp³-hybridized carbons (Fsp3) is 0.607. The van der Waals surface area contributed by atoms with Crippen molar-refractivity contribution in [2.45, 2.75) is 91.1 Å². The number of hydrogen-bond acceptors (Lipinski definition) is 10. The van der Waals surface area contributed by atoms with Gasteiger partial charge in [-0.25, -0.2) is 9.97 Å². The van der Waals surface area contributed by atoms with Crippen molar-refractivity contribution in [1.82, 2.24) is 15.0 Å². The minimum atomic E-state index is -1.14. The van der Waals surface area contributed by atoms with E-state index in [0.717, 1.165) is 31.2 Å². The lowest BCUT2D eigenvalue weighted by Gasteiger charge is -2.28. The molecule has 1 aliphatic rings. The van der Waals surface area contributed by atoms with Gasteiger partial charge in [0.05, 0.1) is 41.3 Å². The van der Waals surface area contributed by atoms with Crippen molar-refractivity contribution in [2.75, 3.05) is 23.8 Å². The van der Waals surface area contributed by atoms with Gasteiger partial charge in [0, 0.05) is 23.9 Å². The number of pyridine rings is 1. The number of nitrogens with one attached hydrogen (secondary N) is 2. The van der Waals surface area contributed by atoms with E-state index < -0.39 is 29.8 Å². The van der Waals surface area contributed by atoms with Gasteiger partial charge in [-0.2, -0.15) is 4.98 Å². The van der Waals surface area contributed by atoms with Crippen LogP contribution in [-0.2, 0) is 0 Å². The summed E-state index contributed by atoms with van der Waals surface area (Å²) in [5.74, 6) is 1.55. The van der Waals surface area contributed by atoms with Gasteiger partial charge in [0.15, 0.2) is 5.58 Å². The van der Waals surface area contributed by atoms with Crippen molar-refractivity contribution in [2.24, 2.45) is 5.92 Å². The molecule has 3 heterocycles. The monoisotopic (exact) mass is 563 g/mol. The van der Waals surface area contributed by atoms with Gasteiger partial charge in [-0.15, -0.1) is 12.4 Å². The molecule has 0 saturated heterocycles. The van der Waals surface area contributed by atoms with Crippen molar-refractivity contribution in [1.29, 1.82) is 0 Å². The Labute approximate surface area is 236 Å². The van der Waals surface area contributed by atoms with Gasteiger partial charge in [-0.3, -0.25) is 0 Å². The maximum Gasteiger partial charge on any atom is 0.224 e. The summed E-state index contributed by atoms with van der Waals surface area (Å²) >= 11 is 0. The molecule has 5 N–H and O–H groups in total. The number of hydrogen-bond donors (Lipinski definition) is 5. The van der Waals surface area contributed by atoms with Crippen LogP contribution in [0.25, 0.3) is 22.3 Å². The van der Waals surface area contributed by atoms with Gasteiger partial charge < -0.3 is 35.1 Å². The lowest BCUT2D eigenvalue weighted by Crippen LogP contribution is -2.40. The largest absolute Gasteiger partial charge is 0.478 e. The summed E-state index contributed by atoms with van der Waals surface area (Å²) in [5.41, 5.74) is 1.57. The smallest absolute Gasteiger partial charge is 0.224 e. The molecule has 1 fully saturated rings. The maximum absolute atomic E-state index is 10.9. The normalized spacial score (nSPS) is 21.2. The highest BCUT2D eigenvalue weighted by Crippen LogP contribution is 2.40. The molecule has 10 nitrogen and oxygen atoms in total. The fourth-order valence-electron chi connectivity index (χ4n) is 5.20. The van der Waals surface area contributed by atoms with Gasteiger partial charge in [0.1, 0.15) is 17.7 Å². The number of unbranched alkanes of at least 4 members (excludes halogenated alkanes) is 2. The zero-order valence-electron chi connectivity index (χ0n) is 23.6. The van der Waals surface area contributed by atoms with Crippen LogP contribution in [0.15, 0.2) is 16.5 Å². The number of fused-ring (bicyclic) bond motifs is 1. The number of furan rings is 1. The van der Waals surface area contributed by atoms with Crippen LogP contribution in [0, 0.1) is 19.8 Å². The number of ether oxygens (including phenoxy) is 1. The van der Waals surface area contributed by atoms with Crippen LogP contribution >= 0.6 is 12.4 Å². The summed E-state index contributed by atoms with van der Waals surface area (Å²) in [6.45, 7) is 12.4. The van der Waals surface area contributed by atoms with Gasteiger partial charge in [0.25, 0.3) is 0 Å². The Morgan fingerprint density at radius 1 is 1.05 bits per heavy atom. The topological polar surface area (TPSA) is 146 Å². The molecule has 1 aliphatic carbocycles. The first-order valence-corrected chi connectivity index (χ1v) is 13.5. The average Bonchev–Trinajstić information content (AvgIpc) is 3.38. The molecule has 0 aromatic carbocycles. The van der Waals surface area contributed by atoms with Crippen LogP contribution < -0.4 is 15.4 Å². The summed E-state index contributed by atoms with van der Waals surface area (Å²) in [4.78, 5) is 13.9. The number of halogens is 1. The predicted octanol–water partition coefficient (Wildman–Crippen LogP) is 4.62. The Morgan fingerprint density at radius 2 is 1.79 bits per heavy atom. The third-order valence-electron chi connectivity index (χ3n) is 7.25. The van der Waals surface area contributed by atoms with Gasteiger partial charge >= 0.3 is 0 Å². The molecule has 4 atom stereocenters. The van der Waals surface area contributed by atoms with Crippen molar-refractivity contribution in [3.8, 4) is 17.2 Å². The van der Waals surface area contributed by atoms with Gasteiger partial charge in [0.2, 0.25) is 11.8 Å². The highest BCUT2D eigenvalue weighted by Gasteiger charge is 2.48. The molecule has 0 spiro atoms. The molecule has 0 aliphatic heterocycles. The van der Waals surface area contributed by atoms with E-state index in [1.165, 1.54) is 0 Å². The molecule has 11 heteroatoms. The van der Waals surface area contributed by atoms with Crippen molar-refractivity contribution < 1.29 is 24.5 Å². The van der Waals surface area contributed by atoms with E-state index in [-0.39, 0.29) is 12.4 Å². The van der Waals surface area contributed by atoms with Crippen LogP contribution in [0.5, 0.6) is 5.88 Å². The van der Waals surface area contributed by atoms with Crippen LogP contribution in [0.4, 0.5) is 11.8 Å². The molecule has 0 amide bonds. The van der Waals surface area contributed by atoms with Gasteiger partial charge in [-0.05, 0) is 53.5 Å². The zero-order valence-corrected chi connectivity index (χ0v) is 24.4. The molecule has 216 valence electrons. The number of aryl methyl sites for hydroxylation is 2. The van der Waals surface area contributed by atoms with E-state index in [0.29, 0.717) is 59.0 Å². The molecular formula is C28H42ClN5O5. The Bertz CT molecular complexity index is 1260. The molecule has 39 heavy (non-hydrogen) atoms. The summed E-state index contributed by atoms with van der Waals surface area (Å²) in [7, 11) is 0.